The number of halogens is 1. The van der Waals surface area contributed by atoms with E-state index in [-0.39, 0.29) is 0 Å². The Bertz CT molecular complexity index is 420. The summed E-state index contributed by atoms with van der Waals surface area (Å²) in [4.78, 5) is 2.73. The molecule has 1 aromatic rings. The Hall–Kier alpha value is -0.730. The number of hydrogen-bond donors (Lipinski definition) is 0. The van der Waals surface area contributed by atoms with Gasteiger partial charge in [0, 0.05) is 18.0 Å². The van der Waals surface area contributed by atoms with E-state index in [1.54, 1.807) is 0 Å². The second-order valence-corrected chi connectivity index (χ2v) is 6.32. The van der Waals surface area contributed by atoms with Crippen molar-refractivity contribution in [2.45, 2.75) is 50.6 Å². The van der Waals surface area contributed by atoms with Crippen molar-refractivity contribution in [1.82, 2.24) is 4.90 Å². The molecule has 0 amide bonds. The zero-order chi connectivity index (χ0) is 13.8. The Balaban J connectivity index is 1.62. The Labute approximate surface area is 127 Å². The van der Waals surface area contributed by atoms with Crippen LogP contribution in [0, 0.1) is 0 Å². The van der Waals surface area contributed by atoms with E-state index in [1.165, 1.54) is 44.2 Å². The van der Waals surface area contributed by atoms with Crippen LogP contribution in [0.15, 0.2) is 24.3 Å². The summed E-state index contributed by atoms with van der Waals surface area (Å²) in [5.41, 5.74) is 1.46. The monoisotopic (exact) mass is 293 g/mol. The van der Waals surface area contributed by atoms with Gasteiger partial charge in [-0.1, -0.05) is 18.6 Å². The van der Waals surface area contributed by atoms with Crippen molar-refractivity contribution in [3.05, 3.63) is 29.8 Å². The third kappa shape index (κ3) is 3.12. The number of ether oxygens (including phenoxy) is 1. The van der Waals surface area contributed by atoms with Gasteiger partial charge in [-0.2, -0.15) is 0 Å². The van der Waals surface area contributed by atoms with Crippen LogP contribution in [0.25, 0.3) is 0 Å². The van der Waals surface area contributed by atoms with Crippen LogP contribution in [0.4, 0.5) is 0 Å². The molecule has 1 aromatic carbocycles. The molecule has 0 aliphatic carbocycles. The number of benzene rings is 1. The first-order chi connectivity index (χ1) is 9.88. The zero-order valence-corrected chi connectivity index (χ0v) is 12.8. The number of fused-ring (bicyclic) bond motifs is 1. The fourth-order valence-electron chi connectivity index (χ4n) is 3.65. The minimum Gasteiger partial charge on any atom is -0.494 e. The van der Waals surface area contributed by atoms with E-state index in [9.17, 15) is 0 Å². The maximum atomic E-state index is 5.67. The molecule has 3 rings (SSSR count). The number of hydrogen-bond acceptors (Lipinski definition) is 2. The van der Waals surface area contributed by atoms with Gasteiger partial charge in [0.25, 0.3) is 0 Å². The molecule has 110 valence electrons. The van der Waals surface area contributed by atoms with E-state index in [1.807, 2.05) is 0 Å². The Morgan fingerprint density at radius 3 is 2.75 bits per heavy atom. The van der Waals surface area contributed by atoms with Crippen LogP contribution in [-0.4, -0.2) is 30.0 Å². The average Bonchev–Trinajstić information content (AvgIpc) is 2.92. The smallest absolute Gasteiger partial charge is 0.119 e. The molecule has 2 fully saturated rings. The second kappa shape index (κ2) is 6.82. The van der Waals surface area contributed by atoms with Crippen molar-refractivity contribution in [3.8, 4) is 5.75 Å². The first-order valence-corrected chi connectivity index (χ1v) is 8.46. The summed E-state index contributed by atoms with van der Waals surface area (Å²) in [6.45, 7) is 1.99. The highest BCUT2D eigenvalue weighted by atomic mass is 35.5. The molecule has 2 nitrogen and oxygen atoms in total. The van der Waals surface area contributed by atoms with Gasteiger partial charge in [0.2, 0.25) is 0 Å². The van der Waals surface area contributed by atoms with Crippen molar-refractivity contribution >= 4 is 11.6 Å². The highest BCUT2D eigenvalue weighted by Gasteiger charge is 2.35. The lowest BCUT2D eigenvalue weighted by atomic mass is 10.0. The molecule has 2 heterocycles. The lowest BCUT2D eigenvalue weighted by Crippen LogP contribution is -2.35. The molecule has 2 aliphatic rings. The normalized spacial score (nSPS) is 26.4. The molecule has 20 heavy (non-hydrogen) atoms. The zero-order valence-electron chi connectivity index (χ0n) is 12.1. The molecule has 0 radical (unpaired) electrons. The van der Waals surface area contributed by atoms with Crippen molar-refractivity contribution in [3.63, 3.8) is 0 Å². The Kier molecular flexibility index (Phi) is 4.85. The average molecular weight is 294 g/mol. The summed E-state index contributed by atoms with van der Waals surface area (Å²) in [6.07, 6.45) is 7.78. The van der Waals surface area contributed by atoms with Crippen LogP contribution in [0.2, 0.25) is 0 Å². The third-order valence-corrected chi connectivity index (χ3v) is 4.93. The van der Waals surface area contributed by atoms with E-state index in [2.05, 4.69) is 29.2 Å². The number of piperidine rings is 1. The lowest BCUT2D eigenvalue weighted by molar-refractivity contribution is 0.150. The van der Waals surface area contributed by atoms with Crippen LogP contribution in [0.3, 0.4) is 0 Å². The molecule has 0 spiro atoms. The highest BCUT2D eigenvalue weighted by molar-refractivity contribution is 6.17. The van der Waals surface area contributed by atoms with E-state index in [4.69, 9.17) is 16.3 Å². The van der Waals surface area contributed by atoms with Crippen molar-refractivity contribution in [1.29, 1.82) is 0 Å². The van der Waals surface area contributed by atoms with Gasteiger partial charge in [0.1, 0.15) is 5.75 Å². The maximum absolute atomic E-state index is 5.67. The minimum atomic E-state index is 0.636. The van der Waals surface area contributed by atoms with Gasteiger partial charge >= 0.3 is 0 Å². The van der Waals surface area contributed by atoms with E-state index < -0.39 is 0 Å². The molecule has 0 saturated carbocycles. The Morgan fingerprint density at radius 2 is 1.95 bits per heavy atom. The van der Waals surface area contributed by atoms with Gasteiger partial charge in [0.05, 0.1) is 6.61 Å². The van der Waals surface area contributed by atoms with Crippen LogP contribution in [0.1, 0.15) is 50.1 Å². The van der Waals surface area contributed by atoms with Gasteiger partial charge in [-0.05, 0) is 56.3 Å². The third-order valence-electron chi connectivity index (χ3n) is 4.66. The molecule has 2 aliphatic heterocycles. The largest absolute Gasteiger partial charge is 0.494 e. The fourth-order valence-corrected chi connectivity index (χ4v) is 3.76. The molecule has 3 heteroatoms. The Morgan fingerprint density at radius 1 is 1.10 bits per heavy atom. The lowest BCUT2D eigenvalue weighted by Gasteiger charge is -2.34. The van der Waals surface area contributed by atoms with Crippen molar-refractivity contribution in [2.75, 3.05) is 19.0 Å². The molecule has 0 bridgehead atoms. The van der Waals surface area contributed by atoms with Gasteiger partial charge in [-0.25, -0.2) is 0 Å². The summed E-state index contributed by atoms with van der Waals surface area (Å²) in [5.74, 6) is 1.63. The molecule has 2 atom stereocenters. The van der Waals surface area contributed by atoms with Crippen LogP contribution in [0.5, 0.6) is 5.75 Å². The van der Waals surface area contributed by atoms with Gasteiger partial charge < -0.3 is 4.74 Å². The van der Waals surface area contributed by atoms with Crippen molar-refractivity contribution < 1.29 is 4.74 Å². The summed E-state index contributed by atoms with van der Waals surface area (Å²) >= 11 is 5.66. The number of alkyl halides is 1. The molecule has 2 saturated heterocycles. The molecule has 0 aromatic heterocycles. The quantitative estimate of drug-likeness (QED) is 0.590. The minimum absolute atomic E-state index is 0.636. The second-order valence-electron chi connectivity index (χ2n) is 5.94. The predicted molar refractivity (Wildman–Crippen MR) is 83.6 cm³/mol. The summed E-state index contributed by atoms with van der Waals surface area (Å²) in [6, 6.07) is 10.2. The molecular weight excluding hydrogens is 270 g/mol. The van der Waals surface area contributed by atoms with E-state index >= 15 is 0 Å². The standard InChI is InChI=1S/C17H24ClNO/c18-11-3-13-20-16-8-5-14(6-9-16)17-10-7-15-4-1-2-12-19(15)17/h5-6,8-9,15,17H,1-4,7,10-13H2/t15-,17-/m0/s1. The van der Waals surface area contributed by atoms with E-state index in [0.29, 0.717) is 18.5 Å². The highest BCUT2D eigenvalue weighted by Crippen LogP contribution is 2.40. The number of rotatable bonds is 5. The summed E-state index contributed by atoms with van der Waals surface area (Å²) < 4.78 is 5.67. The predicted octanol–water partition coefficient (Wildman–Crippen LogP) is 4.38. The molecular formula is C17H24ClNO. The SMILES string of the molecule is ClCCCOc1ccc([C@@H]2CC[C@@H]3CCCCN32)cc1. The van der Waals surface area contributed by atoms with Gasteiger partial charge in [0.15, 0.2) is 0 Å². The fraction of sp³-hybridized carbons (Fsp3) is 0.647. The van der Waals surface area contributed by atoms with Gasteiger partial charge in [-0.3, -0.25) is 4.90 Å². The molecule has 0 N–H and O–H groups in total. The van der Waals surface area contributed by atoms with Crippen LogP contribution >= 0.6 is 11.6 Å². The first kappa shape index (κ1) is 14.2. The maximum Gasteiger partial charge on any atom is 0.119 e. The number of nitrogens with zero attached hydrogens (tertiary/aromatic N) is 1. The van der Waals surface area contributed by atoms with Crippen LogP contribution < -0.4 is 4.74 Å². The summed E-state index contributed by atoms with van der Waals surface area (Å²) in [5, 5.41) is 0. The van der Waals surface area contributed by atoms with Crippen LogP contribution in [-0.2, 0) is 0 Å². The summed E-state index contributed by atoms with van der Waals surface area (Å²) in [7, 11) is 0. The first-order valence-electron chi connectivity index (χ1n) is 7.93. The van der Waals surface area contributed by atoms with Gasteiger partial charge in [-0.15, -0.1) is 11.6 Å². The molecule has 0 unspecified atom stereocenters. The topological polar surface area (TPSA) is 12.5 Å². The van der Waals surface area contributed by atoms with Crippen molar-refractivity contribution in [2.24, 2.45) is 0 Å². The van der Waals surface area contributed by atoms with E-state index in [0.717, 1.165) is 18.2 Å².